The standard InChI is InChI=1S/C26H33N3O/c1-19(2)21-13-11-20(12-14-21)18-29-24-9-6-5-8-23(24)28-25(29)10-4-3-7-17-27-26(30)22-15-16-22/h5-6,8-9,11-14,19,22H,3-4,7,10,15-18H2,1-2H3,(H,27,30). The number of carbonyl (C=O) groups is 1. The Morgan fingerprint density at radius 3 is 2.57 bits per heavy atom. The SMILES string of the molecule is CC(C)c1ccc(Cn2c(CCCCCNC(=O)C3CC3)nc3ccccc32)cc1. The average molecular weight is 404 g/mol. The van der Waals surface area contributed by atoms with E-state index in [1.165, 1.54) is 16.6 Å². The maximum atomic E-state index is 11.7. The lowest BCUT2D eigenvalue weighted by Crippen LogP contribution is -2.25. The van der Waals surface area contributed by atoms with Gasteiger partial charge in [0.15, 0.2) is 0 Å². The molecule has 4 rings (SSSR count). The topological polar surface area (TPSA) is 46.9 Å². The highest BCUT2D eigenvalue weighted by Crippen LogP contribution is 2.28. The van der Waals surface area contributed by atoms with Crippen LogP contribution in [0.1, 0.15) is 68.8 Å². The van der Waals surface area contributed by atoms with Crippen molar-refractivity contribution in [2.75, 3.05) is 6.54 Å². The first-order valence-electron chi connectivity index (χ1n) is 11.4. The van der Waals surface area contributed by atoms with Gasteiger partial charge in [0.25, 0.3) is 0 Å². The van der Waals surface area contributed by atoms with E-state index in [2.05, 4.69) is 72.3 Å². The summed E-state index contributed by atoms with van der Waals surface area (Å²) in [4.78, 5) is 16.6. The Morgan fingerprint density at radius 2 is 1.83 bits per heavy atom. The molecule has 0 aliphatic heterocycles. The van der Waals surface area contributed by atoms with Crippen molar-refractivity contribution in [3.05, 3.63) is 65.5 Å². The van der Waals surface area contributed by atoms with E-state index in [0.29, 0.717) is 11.8 Å². The minimum atomic E-state index is 0.250. The van der Waals surface area contributed by atoms with Gasteiger partial charge >= 0.3 is 0 Å². The molecule has 0 bridgehead atoms. The van der Waals surface area contributed by atoms with Crippen LogP contribution in [0.4, 0.5) is 0 Å². The third kappa shape index (κ3) is 5.10. The smallest absolute Gasteiger partial charge is 0.223 e. The highest BCUT2D eigenvalue weighted by atomic mass is 16.2. The summed E-state index contributed by atoms with van der Waals surface area (Å²) in [5, 5.41) is 3.06. The highest BCUT2D eigenvalue weighted by Gasteiger charge is 2.28. The second-order valence-corrected chi connectivity index (χ2v) is 8.88. The van der Waals surface area contributed by atoms with Crippen molar-refractivity contribution in [1.29, 1.82) is 0 Å². The number of aryl methyl sites for hydroxylation is 1. The lowest BCUT2D eigenvalue weighted by Gasteiger charge is -2.11. The average Bonchev–Trinajstić information content (AvgIpc) is 3.55. The van der Waals surface area contributed by atoms with Crippen molar-refractivity contribution in [3.63, 3.8) is 0 Å². The maximum Gasteiger partial charge on any atom is 0.223 e. The molecule has 2 aromatic carbocycles. The molecule has 1 heterocycles. The number of nitrogens with zero attached hydrogens (tertiary/aromatic N) is 2. The number of aromatic nitrogens is 2. The quantitative estimate of drug-likeness (QED) is 0.458. The van der Waals surface area contributed by atoms with E-state index in [9.17, 15) is 4.79 Å². The third-order valence-electron chi connectivity index (χ3n) is 6.05. The monoisotopic (exact) mass is 403 g/mol. The molecule has 0 saturated heterocycles. The molecule has 0 atom stereocenters. The number of amides is 1. The second kappa shape index (κ2) is 9.46. The van der Waals surface area contributed by atoms with Crippen molar-refractivity contribution in [3.8, 4) is 0 Å². The number of hydrogen-bond donors (Lipinski definition) is 1. The Balaban J connectivity index is 1.38. The minimum absolute atomic E-state index is 0.250. The van der Waals surface area contributed by atoms with E-state index in [0.717, 1.165) is 63.0 Å². The first-order chi connectivity index (χ1) is 14.6. The summed E-state index contributed by atoms with van der Waals surface area (Å²) in [6.07, 6.45) is 6.35. The summed E-state index contributed by atoms with van der Waals surface area (Å²) in [6.45, 7) is 6.11. The highest BCUT2D eigenvalue weighted by molar-refractivity contribution is 5.80. The first kappa shape index (κ1) is 20.6. The summed E-state index contributed by atoms with van der Waals surface area (Å²) >= 11 is 0. The first-order valence-corrected chi connectivity index (χ1v) is 11.4. The lowest BCUT2D eigenvalue weighted by atomic mass is 10.0. The van der Waals surface area contributed by atoms with Crippen molar-refractivity contribution in [1.82, 2.24) is 14.9 Å². The molecule has 1 N–H and O–H groups in total. The lowest BCUT2D eigenvalue weighted by molar-refractivity contribution is -0.122. The van der Waals surface area contributed by atoms with Crippen LogP contribution in [0.2, 0.25) is 0 Å². The van der Waals surface area contributed by atoms with Crippen LogP contribution >= 0.6 is 0 Å². The van der Waals surface area contributed by atoms with Crippen LogP contribution in [-0.2, 0) is 17.8 Å². The van der Waals surface area contributed by atoms with E-state index >= 15 is 0 Å². The van der Waals surface area contributed by atoms with Gasteiger partial charge in [-0.25, -0.2) is 4.98 Å². The summed E-state index contributed by atoms with van der Waals surface area (Å²) in [5.74, 6) is 2.27. The number of unbranched alkanes of at least 4 members (excludes halogenated alkanes) is 2. The molecule has 1 amide bonds. The molecular weight excluding hydrogens is 370 g/mol. The summed E-state index contributed by atoms with van der Waals surface area (Å²) in [6, 6.07) is 17.4. The number of fused-ring (bicyclic) bond motifs is 1. The zero-order chi connectivity index (χ0) is 20.9. The van der Waals surface area contributed by atoms with Crippen LogP contribution in [0, 0.1) is 5.92 Å². The molecule has 30 heavy (non-hydrogen) atoms. The molecule has 1 aliphatic rings. The number of nitrogens with one attached hydrogen (secondary N) is 1. The maximum absolute atomic E-state index is 11.7. The molecule has 0 spiro atoms. The normalized spacial score (nSPS) is 13.8. The molecule has 1 fully saturated rings. The molecule has 0 unspecified atom stereocenters. The van der Waals surface area contributed by atoms with E-state index in [1.807, 2.05) is 0 Å². The third-order valence-corrected chi connectivity index (χ3v) is 6.05. The molecule has 1 aromatic heterocycles. The van der Waals surface area contributed by atoms with Crippen LogP contribution in [-0.4, -0.2) is 22.0 Å². The Kier molecular flexibility index (Phi) is 6.51. The van der Waals surface area contributed by atoms with Gasteiger partial charge in [-0.3, -0.25) is 4.79 Å². The summed E-state index contributed by atoms with van der Waals surface area (Å²) in [5.41, 5.74) is 4.97. The summed E-state index contributed by atoms with van der Waals surface area (Å²) < 4.78 is 2.37. The predicted octanol–water partition coefficient (Wildman–Crippen LogP) is 5.45. The number of imidazole rings is 1. The van der Waals surface area contributed by atoms with Crippen molar-refractivity contribution < 1.29 is 4.79 Å². The molecule has 4 nitrogen and oxygen atoms in total. The van der Waals surface area contributed by atoms with E-state index in [4.69, 9.17) is 4.98 Å². The Hall–Kier alpha value is -2.62. The van der Waals surface area contributed by atoms with Crippen molar-refractivity contribution in [2.24, 2.45) is 5.92 Å². The van der Waals surface area contributed by atoms with Gasteiger partial charge in [0.2, 0.25) is 5.91 Å². The van der Waals surface area contributed by atoms with Gasteiger partial charge in [-0.1, -0.05) is 56.7 Å². The van der Waals surface area contributed by atoms with Gasteiger partial charge in [0.1, 0.15) is 5.82 Å². The molecule has 3 aromatic rings. The zero-order valence-electron chi connectivity index (χ0n) is 18.2. The van der Waals surface area contributed by atoms with Crippen LogP contribution in [0.25, 0.3) is 11.0 Å². The van der Waals surface area contributed by atoms with Crippen LogP contribution in [0.5, 0.6) is 0 Å². The fourth-order valence-corrected chi connectivity index (χ4v) is 3.97. The molecule has 0 radical (unpaired) electrons. The van der Waals surface area contributed by atoms with Crippen molar-refractivity contribution in [2.45, 2.75) is 64.8 Å². The minimum Gasteiger partial charge on any atom is -0.356 e. The fraction of sp³-hybridized carbons (Fsp3) is 0.462. The van der Waals surface area contributed by atoms with E-state index < -0.39 is 0 Å². The molecule has 1 aliphatic carbocycles. The van der Waals surface area contributed by atoms with Gasteiger partial charge in [-0.15, -0.1) is 0 Å². The number of hydrogen-bond acceptors (Lipinski definition) is 2. The number of para-hydroxylation sites is 2. The van der Waals surface area contributed by atoms with Crippen LogP contribution in [0.15, 0.2) is 48.5 Å². The van der Waals surface area contributed by atoms with Gasteiger partial charge in [0, 0.05) is 25.4 Å². The van der Waals surface area contributed by atoms with Gasteiger partial charge < -0.3 is 9.88 Å². The molecule has 1 saturated carbocycles. The molecule has 4 heteroatoms. The Bertz CT molecular complexity index is 983. The number of rotatable bonds is 10. The zero-order valence-corrected chi connectivity index (χ0v) is 18.2. The Labute approximate surface area is 179 Å². The van der Waals surface area contributed by atoms with Gasteiger partial charge in [-0.2, -0.15) is 0 Å². The van der Waals surface area contributed by atoms with Gasteiger partial charge in [-0.05, 0) is 54.9 Å². The van der Waals surface area contributed by atoms with Crippen LogP contribution < -0.4 is 5.32 Å². The van der Waals surface area contributed by atoms with E-state index in [1.54, 1.807) is 0 Å². The second-order valence-electron chi connectivity index (χ2n) is 8.88. The predicted molar refractivity (Wildman–Crippen MR) is 123 cm³/mol. The number of carbonyl (C=O) groups excluding carboxylic acids is 1. The molecule has 158 valence electrons. The number of benzene rings is 2. The summed E-state index contributed by atoms with van der Waals surface area (Å²) in [7, 11) is 0. The largest absolute Gasteiger partial charge is 0.356 e. The molecular formula is C26H33N3O. The van der Waals surface area contributed by atoms with Gasteiger partial charge in [0.05, 0.1) is 11.0 Å². The Morgan fingerprint density at radius 1 is 1.07 bits per heavy atom. The van der Waals surface area contributed by atoms with E-state index in [-0.39, 0.29) is 5.91 Å². The van der Waals surface area contributed by atoms with Crippen molar-refractivity contribution >= 4 is 16.9 Å². The fourth-order valence-electron chi connectivity index (χ4n) is 3.97. The van der Waals surface area contributed by atoms with Crippen LogP contribution in [0.3, 0.4) is 0 Å².